The Morgan fingerprint density at radius 2 is 1.84 bits per heavy atom. The van der Waals surface area contributed by atoms with Gasteiger partial charge in [-0.1, -0.05) is 44.5 Å². The van der Waals surface area contributed by atoms with Gasteiger partial charge in [-0.2, -0.15) is 0 Å². The van der Waals surface area contributed by atoms with Crippen molar-refractivity contribution in [1.29, 1.82) is 0 Å². The second-order valence-electron chi connectivity index (χ2n) is 8.38. The predicted octanol–water partition coefficient (Wildman–Crippen LogP) is 6.04. The average molecular weight is 454 g/mol. The van der Waals surface area contributed by atoms with Crippen LogP contribution < -0.4 is 15.0 Å². The molecule has 0 fully saturated rings. The summed E-state index contributed by atoms with van der Waals surface area (Å²) in [6, 6.07) is 16.6. The van der Waals surface area contributed by atoms with Crippen LogP contribution in [0.2, 0.25) is 5.02 Å². The van der Waals surface area contributed by atoms with Crippen molar-refractivity contribution in [3.63, 3.8) is 0 Å². The maximum atomic E-state index is 13.0. The molecule has 168 valence electrons. The Kier molecular flexibility index (Phi) is 7.38. The molecule has 0 aliphatic carbocycles. The van der Waals surface area contributed by atoms with Crippen LogP contribution in [0.15, 0.2) is 60.8 Å². The zero-order valence-electron chi connectivity index (χ0n) is 19.0. The topological polar surface area (TPSA) is 63.7 Å². The number of halogens is 1. The molecule has 0 atom stereocenters. The SMILES string of the molecule is COCOc1ccc(C(=O)Nc2ccc(C(C)(C)C)cc2)cc1N(C)c1ncccc1Cl. The van der Waals surface area contributed by atoms with Crippen LogP contribution >= 0.6 is 11.6 Å². The standard InChI is InChI=1S/C25H28ClN3O3/c1-25(2,3)18-9-11-19(12-10-18)28-24(30)17-8-13-22(32-16-31-5)21(15-17)29(4)23-20(26)7-6-14-27-23/h6-15H,16H2,1-5H3,(H,28,30). The van der Waals surface area contributed by atoms with E-state index in [1.807, 2.05) is 31.3 Å². The summed E-state index contributed by atoms with van der Waals surface area (Å²) in [5.74, 6) is 0.863. The van der Waals surface area contributed by atoms with E-state index in [9.17, 15) is 4.79 Å². The number of aromatic nitrogens is 1. The van der Waals surface area contributed by atoms with Crippen LogP contribution in [0.3, 0.4) is 0 Å². The lowest BCUT2D eigenvalue weighted by Gasteiger charge is -2.23. The second kappa shape index (κ2) is 10.0. The van der Waals surface area contributed by atoms with Crippen molar-refractivity contribution in [2.24, 2.45) is 0 Å². The summed E-state index contributed by atoms with van der Waals surface area (Å²) in [7, 11) is 3.36. The van der Waals surface area contributed by atoms with E-state index >= 15 is 0 Å². The summed E-state index contributed by atoms with van der Waals surface area (Å²) in [6.07, 6.45) is 1.66. The largest absolute Gasteiger partial charge is 0.465 e. The Labute approximate surface area is 194 Å². The highest BCUT2D eigenvalue weighted by atomic mass is 35.5. The molecule has 3 aromatic rings. The normalized spacial score (nSPS) is 11.2. The lowest BCUT2D eigenvalue weighted by molar-refractivity contribution is 0.0515. The van der Waals surface area contributed by atoms with Crippen molar-refractivity contribution in [2.75, 3.05) is 31.2 Å². The van der Waals surface area contributed by atoms with E-state index in [-0.39, 0.29) is 18.1 Å². The summed E-state index contributed by atoms with van der Waals surface area (Å²) in [5, 5.41) is 3.44. The Morgan fingerprint density at radius 3 is 2.47 bits per heavy atom. The number of hydrogen-bond donors (Lipinski definition) is 1. The van der Waals surface area contributed by atoms with Crippen LogP contribution in [0.4, 0.5) is 17.2 Å². The van der Waals surface area contributed by atoms with Crippen LogP contribution in [0, 0.1) is 0 Å². The van der Waals surface area contributed by atoms with Gasteiger partial charge in [-0.15, -0.1) is 0 Å². The maximum Gasteiger partial charge on any atom is 0.255 e. The highest BCUT2D eigenvalue weighted by molar-refractivity contribution is 6.33. The van der Waals surface area contributed by atoms with Gasteiger partial charge < -0.3 is 19.7 Å². The molecule has 1 heterocycles. The van der Waals surface area contributed by atoms with Gasteiger partial charge in [0.25, 0.3) is 5.91 Å². The molecule has 1 aromatic heterocycles. The number of anilines is 3. The van der Waals surface area contributed by atoms with E-state index in [2.05, 4.69) is 31.1 Å². The zero-order chi connectivity index (χ0) is 23.3. The number of amides is 1. The van der Waals surface area contributed by atoms with Gasteiger partial charge in [-0.3, -0.25) is 4.79 Å². The molecule has 0 aliphatic heterocycles. The molecule has 0 bridgehead atoms. The van der Waals surface area contributed by atoms with Crippen LogP contribution in [0.25, 0.3) is 0 Å². The lowest BCUT2D eigenvalue weighted by atomic mass is 9.87. The second-order valence-corrected chi connectivity index (χ2v) is 8.79. The summed E-state index contributed by atoms with van der Waals surface area (Å²) < 4.78 is 10.7. The Balaban J connectivity index is 1.89. The van der Waals surface area contributed by atoms with Gasteiger partial charge in [0.15, 0.2) is 12.6 Å². The molecule has 32 heavy (non-hydrogen) atoms. The first kappa shape index (κ1) is 23.6. The molecule has 0 spiro atoms. The van der Waals surface area contributed by atoms with Crippen molar-refractivity contribution in [1.82, 2.24) is 4.98 Å². The number of nitrogens with one attached hydrogen (secondary N) is 1. The van der Waals surface area contributed by atoms with E-state index in [4.69, 9.17) is 21.1 Å². The quantitative estimate of drug-likeness (QED) is 0.442. The molecule has 0 aliphatic rings. The van der Waals surface area contributed by atoms with Crippen molar-refractivity contribution in [3.05, 3.63) is 76.9 Å². The fourth-order valence-electron chi connectivity index (χ4n) is 3.16. The van der Waals surface area contributed by atoms with Crippen LogP contribution in [0.5, 0.6) is 5.75 Å². The first-order valence-electron chi connectivity index (χ1n) is 10.2. The van der Waals surface area contributed by atoms with Crippen LogP contribution in [-0.4, -0.2) is 31.8 Å². The fourth-order valence-corrected chi connectivity index (χ4v) is 3.41. The van der Waals surface area contributed by atoms with Crippen molar-refractivity contribution < 1.29 is 14.3 Å². The molecule has 3 rings (SSSR count). The number of pyridine rings is 1. The van der Waals surface area contributed by atoms with Crippen molar-refractivity contribution in [3.8, 4) is 5.75 Å². The van der Waals surface area contributed by atoms with Gasteiger partial charge in [-0.05, 0) is 53.4 Å². The minimum Gasteiger partial charge on any atom is -0.465 e. The molecular formula is C25H28ClN3O3. The van der Waals surface area contributed by atoms with E-state index in [0.717, 1.165) is 5.69 Å². The molecule has 1 N–H and O–H groups in total. The molecule has 1 amide bonds. The first-order chi connectivity index (χ1) is 15.2. The van der Waals surface area contributed by atoms with Crippen molar-refractivity contribution >= 4 is 34.7 Å². The number of hydrogen-bond acceptors (Lipinski definition) is 5. The number of carbonyl (C=O) groups excluding carboxylic acids is 1. The van der Waals surface area contributed by atoms with E-state index in [1.54, 1.807) is 48.5 Å². The van der Waals surface area contributed by atoms with Crippen molar-refractivity contribution in [2.45, 2.75) is 26.2 Å². The summed E-state index contributed by atoms with van der Waals surface area (Å²) in [5.41, 5.74) is 3.09. The van der Waals surface area contributed by atoms with E-state index in [0.29, 0.717) is 27.8 Å². The molecule has 0 saturated carbocycles. The van der Waals surface area contributed by atoms with Gasteiger partial charge in [0, 0.05) is 31.6 Å². The summed E-state index contributed by atoms with van der Waals surface area (Å²) in [6.45, 7) is 6.53. The van der Waals surface area contributed by atoms with E-state index in [1.165, 1.54) is 5.56 Å². The predicted molar refractivity (Wildman–Crippen MR) is 129 cm³/mol. The monoisotopic (exact) mass is 453 g/mol. The molecule has 6 nitrogen and oxygen atoms in total. The fraction of sp³-hybridized carbons (Fsp3) is 0.280. The minimum absolute atomic E-state index is 0.0484. The Hall–Kier alpha value is -3.09. The lowest BCUT2D eigenvalue weighted by Crippen LogP contribution is -2.17. The third kappa shape index (κ3) is 5.58. The summed E-state index contributed by atoms with van der Waals surface area (Å²) in [4.78, 5) is 19.1. The van der Waals surface area contributed by atoms with Gasteiger partial charge in [0.1, 0.15) is 5.75 Å². The van der Waals surface area contributed by atoms with Crippen LogP contribution in [0.1, 0.15) is 36.7 Å². The molecule has 0 radical (unpaired) electrons. The molecule has 7 heteroatoms. The number of carbonyl (C=O) groups is 1. The van der Waals surface area contributed by atoms with E-state index < -0.39 is 0 Å². The Bertz CT molecular complexity index is 1080. The maximum absolute atomic E-state index is 13.0. The number of ether oxygens (including phenoxy) is 2. The molecular weight excluding hydrogens is 426 g/mol. The summed E-state index contributed by atoms with van der Waals surface area (Å²) >= 11 is 6.33. The highest BCUT2D eigenvalue weighted by Crippen LogP contribution is 2.36. The van der Waals surface area contributed by atoms with Gasteiger partial charge >= 0.3 is 0 Å². The molecule has 0 unspecified atom stereocenters. The average Bonchev–Trinajstić information content (AvgIpc) is 2.77. The molecule has 0 saturated heterocycles. The van der Waals surface area contributed by atoms with Gasteiger partial charge in [-0.25, -0.2) is 4.98 Å². The number of nitrogens with zero attached hydrogens (tertiary/aromatic N) is 2. The van der Waals surface area contributed by atoms with Gasteiger partial charge in [0.05, 0.1) is 10.7 Å². The third-order valence-corrected chi connectivity index (χ3v) is 5.28. The zero-order valence-corrected chi connectivity index (χ0v) is 19.7. The minimum atomic E-state index is -0.228. The molecule has 2 aromatic carbocycles. The number of rotatable bonds is 7. The van der Waals surface area contributed by atoms with Crippen LogP contribution in [-0.2, 0) is 10.2 Å². The Morgan fingerprint density at radius 1 is 1.12 bits per heavy atom. The smallest absolute Gasteiger partial charge is 0.255 e. The number of methoxy groups -OCH3 is 1. The first-order valence-corrected chi connectivity index (χ1v) is 10.6. The highest BCUT2D eigenvalue weighted by Gasteiger charge is 2.18. The number of benzene rings is 2. The van der Waals surface area contributed by atoms with Gasteiger partial charge in [0.2, 0.25) is 0 Å². The third-order valence-electron chi connectivity index (χ3n) is 4.98.